The molecule has 0 spiro atoms. The molecule has 0 saturated heterocycles. The number of carboxylic acid groups (broad SMARTS) is 2. The standard InChI is InChI=1S/C9H18N2O3.C4H12N2.CH2O2/c1-2-10-5-6-11-8(9(13)14)4-3-7-12;1-4(2)6(3)5;2-1-3/h7-8,10-11H,2-6H2,1H3,(H,13,14);4H,5H2,1-3H3;1H,(H,2,3). The Morgan fingerprint density at radius 2 is 1.78 bits per heavy atom. The van der Waals surface area contributed by atoms with Gasteiger partial charge < -0.3 is 25.6 Å². The first-order chi connectivity index (χ1) is 10.8. The Morgan fingerprint density at radius 3 is 2.09 bits per heavy atom. The lowest BCUT2D eigenvalue weighted by Gasteiger charge is -2.12. The van der Waals surface area contributed by atoms with Crippen LogP contribution in [0, 0.1) is 0 Å². The molecule has 0 aliphatic rings. The lowest BCUT2D eigenvalue weighted by molar-refractivity contribution is -0.139. The first kappa shape index (κ1) is 26.4. The van der Waals surface area contributed by atoms with E-state index in [1.807, 2.05) is 27.8 Å². The summed E-state index contributed by atoms with van der Waals surface area (Å²) in [5, 5.41) is 23.3. The van der Waals surface area contributed by atoms with Crippen LogP contribution in [0.15, 0.2) is 0 Å². The number of nitrogens with two attached hydrogens (primary N) is 1. The molecule has 0 radical (unpaired) electrons. The highest BCUT2D eigenvalue weighted by molar-refractivity contribution is 5.73. The summed E-state index contributed by atoms with van der Waals surface area (Å²) in [5.41, 5.74) is 0. The Kier molecular flexibility index (Phi) is 23.4. The minimum absolute atomic E-state index is 0.250. The van der Waals surface area contributed by atoms with Gasteiger partial charge in [-0.25, -0.2) is 5.01 Å². The first-order valence-electron chi connectivity index (χ1n) is 7.44. The molecule has 138 valence electrons. The van der Waals surface area contributed by atoms with E-state index in [1.165, 1.54) is 0 Å². The molecule has 9 nitrogen and oxygen atoms in total. The van der Waals surface area contributed by atoms with E-state index in [4.69, 9.17) is 20.9 Å². The normalized spacial score (nSPS) is 10.9. The highest BCUT2D eigenvalue weighted by Gasteiger charge is 2.14. The molecule has 0 rings (SSSR count). The zero-order chi connectivity index (χ0) is 18.7. The second kappa shape index (κ2) is 20.5. The van der Waals surface area contributed by atoms with Crippen molar-refractivity contribution in [1.29, 1.82) is 0 Å². The van der Waals surface area contributed by atoms with E-state index < -0.39 is 12.0 Å². The third kappa shape index (κ3) is 25.7. The summed E-state index contributed by atoms with van der Waals surface area (Å²) in [7, 11) is 1.85. The topological polar surface area (TPSA) is 145 Å². The SMILES string of the molecule is CC(C)N(C)N.CCNCCNC(CCC=O)C(=O)O.O=CO. The average molecular weight is 336 g/mol. The van der Waals surface area contributed by atoms with Crippen molar-refractivity contribution < 1.29 is 24.6 Å². The van der Waals surface area contributed by atoms with E-state index in [0.29, 0.717) is 19.0 Å². The zero-order valence-electron chi connectivity index (χ0n) is 14.5. The van der Waals surface area contributed by atoms with Gasteiger partial charge in [0.05, 0.1) is 0 Å². The number of carbonyl (C=O) groups excluding carboxylic acids is 1. The van der Waals surface area contributed by atoms with E-state index in [9.17, 15) is 9.59 Å². The van der Waals surface area contributed by atoms with Gasteiger partial charge in [0.1, 0.15) is 12.3 Å². The smallest absolute Gasteiger partial charge is 0.320 e. The number of nitrogens with one attached hydrogen (secondary N) is 2. The Labute approximate surface area is 138 Å². The molecular formula is C14H32N4O5. The molecule has 0 aliphatic heterocycles. The number of carboxylic acids is 1. The maximum absolute atomic E-state index is 10.7. The molecule has 0 aromatic rings. The van der Waals surface area contributed by atoms with Gasteiger partial charge in [0.25, 0.3) is 6.47 Å². The van der Waals surface area contributed by atoms with Gasteiger partial charge in [0.15, 0.2) is 0 Å². The predicted octanol–water partition coefficient (Wildman–Crippen LogP) is -0.481. The van der Waals surface area contributed by atoms with E-state index in [0.717, 1.165) is 19.4 Å². The maximum atomic E-state index is 10.7. The molecule has 0 fully saturated rings. The van der Waals surface area contributed by atoms with Crippen LogP contribution in [0.3, 0.4) is 0 Å². The molecule has 0 aliphatic carbocycles. The Balaban J connectivity index is -0.000000368. The monoisotopic (exact) mass is 336 g/mol. The number of hydrogen-bond acceptors (Lipinski definition) is 7. The zero-order valence-corrected chi connectivity index (χ0v) is 14.5. The molecule has 1 unspecified atom stereocenters. The van der Waals surface area contributed by atoms with Crippen LogP contribution in [-0.4, -0.2) is 72.7 Å². The first-order valence-corrected chi connectivity index (χ1v) is 7.44. The number of nitrogens with zero attached hydrogens (tertiary/aromatic N) is 1. The number of aldehydes is 1. The molecular weight excluding hydrogens is 304 g/mol. The van der Waals surface area contributed by atoms with Gasteiger partial charge in [-0.2, -0.15) is 0 Å². The number of rotatable bonds is 10. The van der Waals surface area contributed by atoms with Crippen molar-refractivity contribution in [2.24, 2.45) is 5.84 Å². The molecule has 0 saturated carbocycles. The van der Waals surface area contributed by atoms with Gasteiger partial charge >= 0.3 is 5.97 Å². The van der Waals surface area contributed by atoms with E-state index >= 15 is 0 Å². The number of hydrogen-bond donors (Lipinski definition) is 5. The maximum Gasteiger partial charge on any atom is 0.320 e. The summed E-state index contributed by atoms with van der Waals surface area (Å²) < 4.78 is 0. The van der Waals surface area contributed by atoms with Crippen molar-refractivity contribution >= 4 is 18.7 Å². The number of likely N-dealkylation sites (N-methyl/N-ethyl adjacent to an activating group) is 1. The van der Waals surface area contributed by atoms with Gasteiger partial charge in [0, 0.05) is 32.6 Å². The van der Waals surface area contributed by atoms with Crippen LogP contribution in [0.1, 0.15) is 33.6 Å². The highest BCUT2D eigenvalue weighted by Crippen LogP contribution is 1.94. The minimum atomic E-state index is -0.900. The fourth-order valence-electron chi connectivity index (χ4n) is 1.06. The van der Waals surface area contributed by atoms with Crippen LogP contribution in [0.4, 0.5) is 0 Å². The summed E-state index contributed by atoms with van der Waals surface area (Å²) in [6.07, 6.45) is 1.37. The summed E-state index contributed by atoms with van der Waals surface area (Å²) >= 11 is 0. The number of aliphatic carboxylic acids is 1. The van der Waals surface area contributed by atoms with Gasteiger partial charge in [-0.05, 0) is 26.8 Å². The van der Waals surface area contributed by atoms with Gasteiger partial charge in [0.2, 0.25) is 0 Å². The van der Waals surface area contributed by atoms with E-state index in [-0.39, 0.29) is 12.9 Å². The molecule has 0 amide bonds. The van der Waals surface area contributed by atoms with Crippen LogP contribution in [0.5, 0.6) is 0 Å². The summed E-state index contributed by atoms with van der Waals surface area (Å²) in [6.45, 7) is 8.03. The van der Waals surface area contributed by atoms with Crippen LogP contribution >= 0.6 is 0 Å². The van der Waals surface area contributed by atoms with Crippen molar-refractivity contribution in [2.45, 2.75) is 45.7 Å². The van der Waals surface area contributed by atoms with Crippen LogP contribution in [0.25, 0.3) is 0 Å². The van der Waals surface area contributed by atoms with E-state index in [1.54, 1.807) is 5.01 Å². The lowest BCUT2D eigenvalue weighted by atomic mass is 10.1. The van der Waals surface area contributed by atoms with Crippen molar-refractivity contribution in [3.8, 4) is 0 Å². The molecule has 9 heteroatoms. The fourth-order valence-corrected chi connectivity index (χ4v) is 1.06. The lowest BCUT2D eigenvalue weighted by Crippen LogP contribution is -2.40. The Hall–Kier alpha value is -1.55. The van der Waals surface area contributed by atoms with Gasteiger partial charge in [-0.1, -0.05) is 6.92 Å². The van der Waals surface area contributed by atoms with Gasteiger partial charge in [-0.15, -0.1) is 0 Å². The summed E-state index contributed by atoms with van der Waals surface area (Å²) in [6, 6.07) is -0.149. The summed E-state index contributed by atoms with van der Waals surface area (Å²) in [4.78, 5) is 29.1. The van der Waals surface area contributed by atoms with Crippen molar-refractivity contribution in [3.05, 3.63) is 0 Å². The Bertz CT molecular complexity index is 282. The molecule has 0 aromatic carbocycles. The van der Waals surface area contributed by atoms with Crippen LogP contribution in [-0.2, 0) is 14.4 Å². The number of carbonyl (C=O) groups is 3. The molecule has 6 N–H and O–H groups in total. The molecule has 1 atom stereocenters. The fraction of sp³-hybridized carbons (Fsp3) is 0.786. The largest absolute Gasteiger partial charge is 0.483 e. The molecule has 23 heavy (non-hydrogen) atoms. The molecule has 0 heterocycles. The Morgan fingerprint density at radius 1 is 1.30 bits per heavy atom. The predicted molar refractivity (Wildman–Crippen MR) is 89.0 cm³/mol. The highest BCUT2D eigenvalue weighted by atomic mass is 16.4. The van der Waals surface area contributed by atoms with Crippen molar-refractivity contribution in [2.75, 3.05) is 26.7 Å². The van der Waals surface area contributed by atoms with Crippen molar-refractivity contribution in [3.63, 3.8) is 0 Å². The molecule has 0 bridgehead atoms. The summed E-state index contributed by atoms with van der Waals surface area (Å²) in [5.74, 6) is 4.37. The van der Waals surface area contributed by atoms with Crippen LogP contribution < -0.4 is 16.5 Å². The number of hydrazine groups is 1. The minimum Gasteiger partial charge on any atom is -0.483 e. The van der Waals surface area contributed by atoms with Crippen LogP contribution in [0.2, 0.25) is 0 Å². The average Bonchev–Trinajstić information content (AvgIpc) is 2.47. The van der Waals surface area contributed by atoms with Gasteiger partial charge in [-0.3, -0.25) is 15.4 Å². The molecule has 0 aromatic heterocycles. The second-order valence-electron chi connectivity index (χ2n) is 4.81. The third-order valence-corrected chi connectivity index (χ3v) is 2.63. The van der Waals surface area contributed by atoms with Crippen molar-refractivity contribution in [1.82, 2.24) is 15.6 Å². The van der Waals surface area contributed by atoms with E-state index in [2.05, 4.69) is 10.6 Å². The second-order valence-corrected chi connectivity index (χ2v) is 4.81. The quantitative estimate of drug-likeness (QED) is 0.154. The third-order valence-electron chi connectivity index (χ3n) is 2.63.